The topological polar surface area (TPSA) is 79.8 Å². The molecule has 2 rings (SSSR count). The predicted molar refractivity (Wildman–Crippen MR) is 80.8 cm³/mol. The SMILES string of the molecule is CC(C)(C)Nc1ccc(C(=O)NCc2ccncc2)nn1. The molecular formula is C15H19N5O. The van der Waals surface area contributed by atoms with E-state index in [-0.39, 0.29) is 11.4 Å². The van der Waals surface area contributed by atoms with E-state index in [1.54, 1.807) is 24.5 Å². The molecule has 0 atom stereocenters. The number of nitrogens with one attached hydrogen (secondary N) is 2. The summed E-state index contributed by atoms with van der Waals surface area (Å²) in [6, 6.07) is 7.10. The normalized spacial score (nSPS) is 11.0. The average molecular weight is 285 g/mol. The Morgan fingerprint density at radius 1 is 1.10 bits per heavy atom. The third-order valence-electron chi connectivity index (χ3n) is 2.60. The van der Waals surface area contributed by atoms with E-state index in [9.17, 15) is 4.79 Å². The van der Waals surface area contributed by atoms with Crippen LogP contribution in [-0.2, 0) is 6.54 Å². The van der Waals surface area contributed by atoms with Gasteiger partial charge in [0.2, 0.25) is 0 Å². The van der Waals surface area contributed by atoms with Crippen molar-refractivity contribution >= 4 is 11.7 Å². The molecule has 110 valence electrons. The maximum Gasteiger partial charge on any atom is 0.272 e. The van der Waals surface area contributed by atoms with Gasteiger partial charge in [0.1, 0.15) is 5.82 Å². The second kappa shape index (κ2) is 6.30. The van der Waals surface area contributed by atoms with Gasteiger partial charge in [0.05, 0.1) is 0 Å². The number of anilines is 1. The molecule has 0 spiro atoms. The Morgan fingerprint density at radius 3 is 2.38 bits per heavy atom. The fourth-order valence-corrected chi connectivity index (χ4v) is 1.68. The number of amides is 1. The zero-order valence-electron chi connectivity index (χ0n) is 12.4. The van der Waals surface area contributed by atoms with Crippen molar-refractivity contribution in [2.45, 2.75) is 32.9 Å². The molecule has 0 bridgehead atoms. The van der Waals surface area contributed by atoms with Crippen molar-refractivity contribution in [3.05, 3.63) is 47.9 Å². The quantitative estimate of drug-likeness (QED) is 0.898. The maximum atomic E-state index is 12.0. The van der Waals surface area contributed by atoms with E-state index in [1.165, 1.54) is 0 Å². The van der Waals surface area contributed by atoms with Crippen LogP contribution in [0.25, 0.3) is 0 Å². The van der Waals surface area contributed by atoms with E-state index >= 15 is 0 Å². The first-order valence-electron chi connectivity index (χ1n) is 6.73. The second-order valence-electron chi connectivity index (χ2n) is 5.72. The molecule has 0 aliphatic rings. The molecule has 0 unspecified atom stereocenters. The van der Waals surface area contributed by atoms with E-state index < -0.39 is 0 Å². The molecular weight excluding hydrogens is 266 g/mol. The molecule has 0 radical (unpaired) electrons. The lowest BCUT2D eigenvalue weighted by molar-refractivity contribution is 0.0945. The summed E-state index contributed by atoms with van der Waals surface area (Å²) < 4.78 is 0. The third kappa shape index (κ3) is 4.83. The zero-order valence-corrected chi connectivity index (χ0v) is 12.4. The van der Waals surface area contributed by atoms with Crippen molar-refractivity contribution in [3.63, 3.8) is 0 Å². The highest BCUT2D eigenvalue weighted by Crippen LogP contribution is 2.10. The highest BCUT2D eigenvalue weighted by atomic mass is 16.1. The Hall–Kier alpha value is -2.50. The van der Waals surface area contributed by atoms with E-state index in [1.807, 2.05) is 32.9 Å². The van der Waals surface area contributed by atoms with Gasteiger partial charge < -0.3 is 10.6 Å². The number of aromatic nitrogens is 3. The monoisotopic (exact) mass is 285 g/mol. The predicted octanol–water partition coefficient (Wildman–Crippen LogP) is 2.01. The first-order chi connectivity index (χ1) is 9.94. The lowest BCUT2D eigenvalue weighted by Gasteiger charge is -2.20. The number of hydrogen-bond donors (Lipinski definition) is 2. The van der Waals surface area contributed by atoms with Crippen LogP contribution in [0.4, 0.5) is 5.82 Å². The lowest BCUT2D eigenvalue weighted by Crippen LogP contribution is -2.27. The first kappa shape index (κ1) is 14.9. The molecule has 2 N–H and O–H groups in total. The molecule has 0 saturated carbocycles. The summed E-state index contributed by atoms with van der Waals surface area (Å²) in [7, 11) is 0. The number of carbonyl (C=O) groups is 1. The highest BCUT2D eigenvalue weighted by molar-refractivity contribution is 5.92. The van der Waals surface area contributed by atoms with Crippen LogP contribution in [0, 0.1) is 0 Å². The van der Waals surface area contributed by atoms with E-state index in [4.69, 9.17) is 0 Å². The van der Waals surface area contributed by atoms with Crippen molar-refractivity contribution in [1.82, 2.24) is 20.5 Å². The van der Waals surface area contributed by atoms with Gasteiger partial charge in [0.15, 0.2) is 5.69 Å². The number of hydrogen-bond acceptors (Lipinski definition) is 5. The fourth-order valence-electron chi connectivity index (χ4n) is 1.68. The molecule has 2 aromatic heterocycles. The Balaban J connectivity index is 1.94. The van der Waals surface area contributed by atoms with Crippen LogP contribution >= 0.6 is 0 Å². The van der Waals surface area contributed by atoms with Crippen molar-refractivity contribution < 1.29 is 4.79 Å². The van der Waals surface area contributed by atoms with Crippen LogP contribution in [0.2, 0.25) is 0 Å². The molecule has 0 aromatic carbocycles. The van der Waals surface area contributed by atoms with Gasteiger partial charge in [-0.15, -0.1) is 10.2 Å². The molecule has 0 fully saturated rings. The van der Waals surface area contributed by atoms with Gasteiger partial charge in [-0.05, 0) is 50.6 Å². The molecule has 1 amide bonds. The Kier molecular flexibility index (Phi) is 4.47. The second-order valence-corrected chi connectivity index (χ2v) is 5.72. The molecule has 2 aromatic rings. The highest BCUT2D eigenvalue weighted by Gasteiger charge is 2.12. The Morgan fingerprint density at radius 2 is 1.81 bits per heavy atom. The van der Waals surface area contributed by atoms with Crippen molar-refractivity contribution in [3.8, 4) is 0 Å². The van der Waals surface area contributed by atoms with Gasteiger partial charge in [-0.2, -0.15) is 0 Å². The van der Waals surface area contributed by atoms with Gasteiger partial charge in [0, 0.05) is 24.5 Å². The van der Waals surface area contributed by atoms with Gasteiger partial charge in [-0.1, -0.05) is 0 Å². The van der Waals surface area contributed by atoms with Crippen LogP contribution in [0.3, 0.4) is 0 Å². The fraction of sp³-hybridized carbons (Fsp3) is 0.333. The number of rotatable bonds is 4. The van der Waals surface area contributed by atoms with Crippen molar-refractivity contribution in [2.75, 3.05) is 5.32 Å². The summed E-state index contributed by atoms with van der Waals surface area (Å²) in [5, 5.41) is 13.9. The minimum Gasteiger partial charge on any atom is -0.364 e. The van der Waals surface area contributed by atoms with E-state index in [2.05, 4.69) is 25.8 Å². The number of nitrogens with zero attached hydrogens (tertiary/aromatic N) is 3. The van der Waals surface area contributed by atoms with Crippen LogP contribution < -0.4 is 10.6 Å². The molecule has 0 saturated heterocycles. The zero-order chi connectivity index (χ0) is 15.3. The van der Waals surface area contributed by atoms with Crippen LogP contribution in [-0.4, -0.2) is 26.6 Å². The van der Waals surface area contributed by atoms with Gasteiger partial charge >= 0.3 is 0 Å². The molecule has 6 heteroatoms. The van der Waals surface area contributed by atoms with Crippen LogP contribution in [0.15, 0.2) is 36.7 Å². The smallest absolute Gasteiger partial charge is 0.272 e. The van der Waals surface area contributed by atoms with E-state index in [0.29, 0.717) is 18.1 Å². The molecule has 0 aliphatic carbocycles. The third-order valence-corrected chi connectivity index (χ3v) is 2.60. The Bertz CT molecular complexity index is 590. The molecule has 21 heavy (non-hydrogen) atoms. The molecule has 0 aliphatic heterocycles. The summed E-state index contributed by atoms with van der Waals surface area (Å²) in [5.74, 6) is 0.398. The Labute approximate surface area is 124 Å². The van der Waals surface area contributed by atoms with Gasteiger partial charge in [0.25, 0.3) is 5.91 Å². The van der Waals surface area contributed by atoms with Crippen LogP contribution in [0.5, 0.6) is 0 Å². The largest absolute Gasteiger partial charge is 0.364 e. The lowest BCUT2D eigenvalue weighted by atomic mass is 10.1. The minimum absolute atomic E-state index is 0.0974. The molecule has 2 heterocycles. The summed E-state index contributed by atoms with van der Waals surface area (Å²) >= 11 is 0. The number of pyridine rings is 1. The van der Waals surface area contributed by atoms with Crippen LogP contribution in [0.1, 0.15) is 36.8 Å². The molecule has 6 nitrogen and oxygen atoms in total. The summed E-state index contributed by atoms with van der Waals surface area (Å²) in [4.78, 5) is 15.9. The van der Waals surface area contributed by atoms with Crippen molar-refractivity contribution in [2.24, 2.45) is 0 Å². The number of carbonyl (C=O) groups excluding carboxylic acids is 1. The van der Waals surface area contributed by atoms with E-state index in [0.717, 1.165) is 5.56 Å². The van der Waals surface area contributed by atoms with Gasteiger partial charge in [-0.3, -0.25) is 9.78 Å². The average Bonchev–Trinajstić information content (AvgIpc) is 2.45. The summed E-state index contributed by atoms with van der Waals surface area (Å²) in [6.07, 6.45) is 3.38. The summed E-state index contributed by atoms with van der Waals surface area (Å²) in [6.45, 7) is 6.53. The van der Waals surface area contributed by atoms with Crippen molar-refractivity contribution in [1.29, 1.82) is 0 Å². The standard InChI is InChI=1S/C15H19N5O/c1-15(2,3)18-13-5-4-12(19-20-13)14(21)17-10-11-6-8-16-9-7-11/h4-9H,10H2,1-3H3,(H,17,21)(H,18,20). The first-order valence-corrected chi connectivity index (χ1v) is 6.73. The minimum atomic E-state index is -0.248. The summed E-state index contributed by atoms with van der Waals surface area (Å²) in [5.41, 5.74) is 1.18. The van der Waals surface area contributed by atoms with Gasteiger partial charge in [-0.25, -0.2) is 0 Å². The maximum absolute atomic E-state index is 12.0.